The molecule has 2 aliphatic carbocycles. The third kappa shape index (κ3) is 3.14. The molecule has 5 heteroatoms. The van der Waals surface area contributed by atoms with Crippen LogP contribution in [-0.2, 0) is 4.74 Å². The Balaban J connectivity index is 1.69. The van der Waals surface area contributed by atoms with E-state index in [4.69, 9.17) is 4.74 Å². The van der Waals surface area contributed by atoms with Gasteiger partial charge in [0, 0.05) is 27.2 Å². The SMILES string of the molecule is COC1(CNC(=O)N(C)CC(O)C2CC2)CCC1. The van der Waals surface area contributed by atoms with Crippen LogP contribution in [0.15, 0.2) is 0 Å². The number of methoxy groups -OCH3 is 1. The van der Waals surface area contributed by atoms with Crippen molar-refractivity contribution >= 4 is 6.03 Å². The number of rotatable bonds is 6. The van der Waals surface area contributed by atoms with Crippen molar-refractivity contribution < 1.29 is 14.6 Å². The molecular formula is C13H24N2O3. The topological polar surface area (TPSA) is 61.8 Å². The van der Waals surface area contributed by atoms with Gasteiger partial charge in [0.15, 0.2) is 0 Å². The van der Waals surface area contributed by atoms with Crippen LogP contribution < -0.4 is 5.32 Å². The minimum atomic E-state index is -0.374. The van der Waals surface area contributed by atoms with Crippen LogP contribution in [-0.4, -0.2) is 55.0 Å². The summed E-state index contributed by atoms with van der Waals surface area (Å²) in [4.78, 5) is 13.4. The first-order chi connectivity index (χ1) is 8.56. The lowest BCUT2D eigenvalue weighted by molar-refractivity contribution is -0.0679. The molecule has 0 aromatic rings. The number of nitrogens with one attached hydrogen (secondary N) is 1. The van der Waals surface area contributed by atoms with E-state index in [1.807, 2.05) is 0 Å². The highest BCUT2D eigenvalue weighted by Crippen LogP contribution is 2.34. The highest BCUT2D eigenvalue weighted by Gasteiger charge is 2.37. The maximum absolute atomic E-state index is 11.9. The number of ether oxygens (including phenoxy) is 1. The summed E-state index contributed by atoms with van der Waals surface area (Å²) in [6.07, 6.45) is 4.99. The Bertz CT molecular complexity index is 295. The molecule has 2 amide bonds. The predicted octanol–water partition coefficient (Wildman–Crippen LogP) is 0.968. The first-order valence-electron chi connectivity index (χ1n) is 6.78. The zero-order chi connectivity index (χ0) is 13.2. The van der Waals surface area contributed by atoms with Crippen molar-refractivity contribution in [1.82, 2.24) is 10.2 Å². The molecule has 5 nitrogen and oxygen atoms in total. The zero-order valence-corrected chi connectivity index (χ0v) is 11.3. The number of amides is 2. The number of urea groups is 1. The number of hydrogen-bond acceptors (Lipinski definition) is 3. The normalized spacial score (nSPS) is 23.1. The highest BCUT2D eigenvalue weighted by atomic mass is 16.5. The second-order valence-corrected chi connectivity index (χ2v) is 5.68. The lowest BCUT2D eigenvalue weighted by Gasteiger charge is -2.40. The van der Waals surface area contributed by atoms with Crippen LogP contribution in [0.5, 0.6) is 0 Å². The molecule has 104 valence electrons. The van der Waals surface area contributed by atoms with Gasteiger partial charge in [0.1, 0.15) is 0 Å². The van der Waals surface area contributed by atoms with Crippen molar-refractivity contribution in [2.45, 2.75) is 43.8 Å². The Morgan fingerprint density at radius 1 is 1.56 bits per heavy atom. The van der Waals surface area contributed by atoms with Gasteiger partial charge in [-0.25, -0.2) is 4.79 Å². The van der Waals surface area contributed by atoms with Crippen LogP contribution in [0.4, 0.5) is 4.79 Å². The molecule has 0 aromatic carbocycles. The molecule has 2 saturated carbocycles. The molecule has 0 aromatic heterocycles. The summed E-state index contributed by atoms with van der Waals surface area (Å²) in [6, 6.07) is -0.127. The van der Waals surface area contributed by atoms with E-state index < -0.39 is 0 Å². The van der Waals surface area contributed by atoms with E-state index in [2.05, 4.69) is 5.32 Å². The monoisotopic (exact) mass is 256 g/mol. The number of nitrogens with zero attached hydrogens (tertiary/aromatic N) is 1. The Labute approximate surface area is 108 Å². The average molecular weight is 256 g/mol. The summed E-state index contributed by atoms with van der Waals surface area (Å²) >= 11 is 0. The molecule has 2 fully saturated rings. The smallest absolute Gasteiger partial charge is 0.317 e. The molecule has 2 aliphatic rings. The van der Waals surface area contributed by atoms with Gasteiger partial charge in [-0.2, -0.15) is 0 Å². The van der Waals surface area contributed by atoms with Gasteiger partial charge in [-0.15, -0.1) is 0 Å². The molecular weight excluding hydrogens is 232 g/mol. The van der Waals surface area contributed by atoms with Gasteiger partial charge in [-0.05, 0) is 38.0 Å². The maximum atomic E-state index is 11.9. The number of carbonyl (C=O) groups is 1. The molecule has 0 spiro atoms. The first kappa shape index (κ1) is 13.6. The zero-order valence-electron chi connectivity index (χ0n) is 11.3. The number of hydrogen-bond donors (Lipinski definition) is 2. The fraction of sp³-hybridized carbons (Fsp3) is 0.923. The molecule has 0 aliphatic heterocycles. The molecule has 1 unspecified atom stereocenters. The number of aliphatic hydroxyl groups is 1. The van der Waals surface area contributed by atoms with E-state index in [1.165, 1.54) is 6.42 Å². The van der Waals surface area contributed by atoms with Crippen LogP contribution in [0.1, 0.15) is 32.1 Å². The molecule has 1 atom stereocenters. The summed E-state index contributed by atoms with van der Waals surface area (Å²) in [5.41, 5.74) is -0.147. The quantitative estimate of drug-likeness (QED) is 0.744. The number of carbonyl (C=O) groups excluding carboxylic acids is 1. The molecule has 2 rings (SSSR count). The summed E-state index contributed by atoms with van der Waals surface area (Å²) < 4.78 is 5.45. The Hall–Kier alpha value is -0.810. The van der Waals surface area contributed by atoms with Gasteiger partial charge in [-0.1, -0.05) is 0 Å². The molecule has 18 heavy (non-hydrogen) atoms. The highest BCUT2D eigenvalue weighted by molar-refractivity contribution is 5.74. The summed E-state index contributed by atoms with van der Waals surface area (Å²) in [7, 11) is 3.42. The summed E-state index contributed by atoms with van der Waals surface area (Å²) in [5.74, 6) is 0.400. The number of likely N-dealkylation sites (N-methyl/N-ethyl adjacent to an activating group) is 1. The van der Waals surface area contributed by atoms with Gasteiger partial charge in [0.05, 0.1) is 11.7 Å². The second kappa shape index (κ2) is 5.45. The maximum Gasteiger partial charge on any atom is 0.317 e. The average Bonchev–Trinajstić information content (AvgIpc) is 3.11. The van der Waals surface area contributed by atoms with Crippen molar-refractivity contribution in [3.05, 3.63) is 0 Å². The van der Waals surface area contributed by atoms with Crippen molar-refractivity contribution in [2.75, 3.05) is 27.2 Å². The van der Waals surface area contributed by atoms with Crippen molar-refractivity contribution in [3.8, 4) is 0 Å². The van der Waals surface area contributed by atoms with Crippen LogP contribution in [0.3, 0.4) is 0 Å². The molecule has 0 saturated heterocycles. The van der Waals surface area contributed by atoms with E-state index >= 15 is 0 Å². The lowest BCUT2D eigenvalue weighted by Crippen LogP contribution is -2.52. The fourth-order valence-electron chi connectivity index (χ4n) is 2.39. The Morgan fingerprint density at radius 3 is 2.67 bits per heavy atom. The van der Waals surface area contributed by atoms with Gasteiger partial charge in [0.25, 0.3) is 0 Å². The van der Waals surface area contributed by atoms with Crippen molar-refractivity contribution in [3.63, 3.8) is 0 Å². The first-order valence-corrected chi connectivity index (χ1v) is 6.78. The molecule has 0 bridgehead atoms. The van der Waals surface area contributed by atoms with Crippen LogP contribution in [0, 0.1) is 5.92 Å². The van der Waals surface area contributed by atoms with Crippen molar-refractivity contribution in [2.24, 2.45) is 5.92 Å². The fourth-order valence-corrected chi connectivity index (χ4v) is 2.39. The Kier molecular flexibility index (Phi) is 4.12. The van der Waals surface area contributed by atoms with E-state index in [9.17, 15) is 9.90 Å². The van der Waals surface area contributed by atoms with Gasteiger partial charge in [-0.3, -0.25) is 0 Å². The van der Waals surface area contributed by atoms with Crippen LogP contribution in [0.2, 0.25) is 0 Å². The molecule has 0 heterocycles. The lowest BCUT2D eigenvalue weighted by atomic mass is 9.80. The van der Waals surface area contributed by atoms with E-state index in [1.54, 1.807) is 19.1 Å². The van der Waals surface area contributed by atoms with Gasteiger partial charge >= 0.3 is 6.03 Å². The van der Waals surface area contributed by atoms with Crippen LogP contribution in [0.25, 0.3) is 0 Å². The van der Waals surface area contributed by atoms with E-state index in [0.717, 1.165) is 25.7 Å². The number of aliphatic hydroxyl groups excluding tert-OH is 1. The third-order valence-electron chi connectivity index (χ3n) is 4.23. The third-order valence-corrected chi connectivity index (χ3v) is 4.23. The van der Waals surface area contributed by atoms with Crippen molar-refractivity contribution in [1.29, 1.82) is 0 Å². The van der Waals surface area contributed by atoms with Gasteiger partial charge < -0.3 is 20.1 Å². The second-order valence-electron chi connectivity index (χ2n) is 5.68. The minimum absolute atomic E-state index is 0.127. The standard InChI is InChI=1S/C13H24N2O3/c1-15(8-11(16)10-4-5-10)12(17)14-9-13(18-2)6-3-7-13/h10-11,16H,3-9H2,1-2H3,(H,14,17). The Morgan fingerprint density at radius 2 is 2.22 bits per heavy atom. The van der Waals surface area contributed by atoms with E-state index in [-0.39, 0.29) is 17.7 Å². The predicted molar refractivity (Wildman–Crippen MR) is 68.4 cm³/mol. The largest absolute Gasteiger partial charge is 0.391 e. The van der Waals surface area contributed by atoms with Crippen LogP contribution >= 0.6 is 0 Å². The van der Waals surface area contributed by atoms with Gasteiger partial charge in [0.2, 0.25) is 0 Å². The summed E-state index contributed by atoms with van der Waals surface area (Å²) in [6.45, 7) is 0.975. The van der Waals surface area contributed by atoms with E-state index in [0.29, 0.717) is 19.0 Å². The molecule has 0 radical (unpaired) electrons. The molecule has 2 N–H and O–H groups in total. The summed E-state index contributed by atoms with van der Waals surface area (Å²) in [5, 5.41) is 12.7. The minimum Gasteiger partial charge on any atom is -0.391 e.